The fraction of sp³-hybridized carbons (Fsp3) is 0.471. The van der Waals surface area contributed by atoms with E-state index in [0.717, 1.165) is 28.1 Å². The third-order valence-electron chi connectivity index (χ3n) is 14.8. The van der Waals surface area contributed by atoms with Crippen molar-refractivity contribution in [2.75, 3.05) is 20.8 Å². The number of benzene rings is 3. The van der Waals surface area contributed by atoms with Gasteiger partial charge >= 0.3 is 35.8 Å². The van der Waals surface area contributed by atoms with Crippen molar-refractivity contribution in [2.24, 2.45) is 28.6 Å². The van der Waals surface area contributed by atoms with Gasteiger partial charge in [-0.15, -0.1) is 0 Å². The summed E-state index contributed by atoms with van der Waals surface area (Å²) in [6, 6.07) is 22.8. The number of ether oxygens (including phenoxy) is 7. The van der Waals surface area contributed by atoms with Crippen LogP contribution in [-0.4, -0.2) is 114 Å². The molecule has 1 unspecified atom stereocenters. The molecule has 68 heavy (non-hydrogen) atoms. The second-order valence-corrected chi connectivity index (χ2v) is 18.7. The summed E-state index contributed by atoms with van der Waals surface area (Å²) in [5.74, 6) is -11.0. The molecule has 0 spiro atoms. The van der Waals surface area contributed by atoms with Crippen molar-refractivity contribution in [1.29, 1.82) is 0 Å². The Balaban J connectivity index is 1.47. The molecule has 1 saturated heterocycles. The van der Waals surface area contributed by atoms with Crippen LogP contribution in [0, 0.1) is 28.6 Å². The van der Waals surface area contributed by atoms with Gasteiger partial charge in [0.2, 0.25) is 0 Å². The Labute approximate surface area is 393 Å². The van der Waals surface area contributed by atoms with Crippen LogP contribution in [0.1, 0.15) is 86.7 Å². The van der Waals surface area contributed by atoms with Gasteiger partial charge in [0.25, 0.3) is 5.91 Å². The smallest absolute Gasteiger partial charge is 0.338 e. The summed E-state index contributed by atoms with van der Waals surface area (Å²) in [5, 5.41) is 28.7. The summed E-state index contributed by atoms with van der Waals surface area (Å²) in [6.07, 6.45) is -9.08. The SMILES string of the molecule is COC(=O)[C@H]1CC2OC[C@@]2(OC(C)=O)[C@H]2[C@H](OC(=O)c3ccccc3)[C@]3(O)C[C@H](OC(=O)[C@H](O)[C@@H](NC(=O)c4ccccc4)c4ccccc4)C(C)=C([C@@H](OC(C)=O)[C@H](C(=O)OC)[C@]12C)C3(C)C. The monoisotopic (exact) mass is 939 g/mol. The van der Waals surface area contributed by atoms with Crippen molar-refractivity contribution >= 4 is 41.7 Å². The molecule has 3 aromatic rings. The number of aliphatic hydroxyl groups is 2. The van der Waals surface area contributed by atoms with E-state index in [9.17, 15) is 43.8 Å². The van der Waals surface area contributed by atoms with Crippen molar-refractivity contribution in [2.45, 2.75) is 102 Å². The van der Waals surface area contributed by atoms with Gasteiger partial charge in [0.15, 0.2) is 11.7 Å². The first kappa shape index (κ1) is 49.5. The van der Waals surface area contributed by atoms with Crippen LogP contribution in [0.5, 0.6) is 0 Å². The summed E-state index contributed by atoms with van der Waals surface area (Å²) in [4.78, 5) is 98.7. The van der Waals surface area contributed by atoms with E-state index in [1.54, 1.807) is 99.6 Å². The molecule has 3 aliphatic carbocycles. The molecule has 1 aliphatic heterocycles. The molecule has 0 aromatic heterocycles. The number of methoxy groups -OCH3 is 2. The first-order chi connectivity index (χ1) is 32.2. The van der Waals surface area contributed by atoms with Gasteiger partial charge < -0.3 is 48.7 Å². The van der Waals surface area contributed by atoms with E-state index >= 15 is 0 Å². The van der Waals surface area contributed by atoms with Crippen LogP contribution in [0.2, 0.25) is 0 Å². The maximum Gasteiger partial charge on any atom is 0.338 e. The maximum absolute atomic E-state index is 14.9. The molecular weight excluding hydrogens is 883 g/mol. The molecule has 17 heteroatoms. The van der Waals surface area contributed by atoms with Gasteiger partial charge in [-0.3, -0.25) is 24.0 Å². The lowest BCUT2D eigenvalue weighted by atomic mass is 9.41. The summed E-state index contributed by atoms with van der Waals surface area (Å²) in [6.45, 7) is 8.12. The number of carbonyl (C=O) groups excluding carboxylic acids is 7. The Hall–Kier alpha value is -6.43. The highest BCUT2D eigenvalue weighted by Crippen LogP contribution is 2.68. The van der Waals surface area contributed by atoms with E-state index in [-0.39, 0.29) is 35.3 Å². The molecular formula is C51H57NO16. The third-order valence-corrected chi connectivity index (χ3v) is 14.8. The lowest BCUT2D eigenvalue weighted by molar-refractivity contribution is -0.353. The third kappa shape index (κ3) is 8.34. The number of rotatable bonds is 12. The van der Waals surface area contributed by atoms with Crippen molar-refractivity contribution in [3.05, 3.63) is 119 Å². The Morgan fingerprint density at radius 2 is 1.34 bits per heavy atom. The molecule has 0 radical (unpaired) electrons. The predicted molar refractivity (Wildman–Crippen MR) is 238 cm³/mol. The Morgan fingerprint density at radius 3 is 1.87 bits per heavy atom. The van der Waals surface area contributed by atoms with Crippen molar-refractivity contribution in [3.63, 3.8) is 0 Å². The summed E-state index contributed by atoms with van der Waals surface area (Å²) >= 11 is 0. The highest BCUT2D eigenvalue weighted by Gasteiger charge is 2.80. The number of esters is 6. The molecule has 12 atom stereocenters. The van der Waals surface area contributed by atoms with Gasteiger partial charge in [0.05, 0.1) is 44.3 Å². The highest BCUT2D eigenvalue weighted by molar-refractivity contribution is 5.95. The van der Waals surface area contributed by atoms with Crippen LogP contribution in [0.3, 0.4) is 0 Å². The minimum absolute atomic E-state index is 0.0405. The molecule has 3 fully saturated rings. The average Bonchev–Trinajstić information content (AvgIpc) is 3.30. The standard InChI is InChI=1S/C51H57NO16/c1-27-34(66-47(60)39(55)38(30-18-12-9-13-19-30)52-43(56)31-20-14-10-15-21-31)25-51(61)42(67-44(57)32-22-16-11-17-23-32)41-49(6,33(45(58)62-7)24-35-50(41,26-64-35)68-29(3)54)37(46(59)63-8)40(65-28(2)53)36(27)48(51,4)5/h9-23,33-35,37-42,55,61H,24-26H2,1-8H3,(H,52,56)/t33-,34+,35?,37-,38+,39-,40-,41+,42+,49+,50+,51-/m1/s1. The second kappa shape index (κ2) is 18.9. The first-order valence-corrected chi connectivity index (χ1v) is 22.3. The molecule has 17 nitrogen and oxygen atoms in total. The maximum atomic E-state index is 14.9. The Kier molecular flexibility index (Phi) is 13.8. The Bertz CT molecular complexity index is 2480. The molecule has 362 valence electrons. The lowest BCUT2D eigenvalue weighted by Gasteiger charge is -2.69. The van der Waals surface area contributed by atoms with Crippen LogP contribution in [0.4, 0.5) is 0 Å². The molecule has 1 amide bonds. The number of hydrogen-bond donors (Lipinski definition) is 3. The van der Waals surface area contributed by atoms with Crippen molar-refractivity contribution in [3.8, 4) is 0 Å². The van der Waals surface area contributed by atoms with E-state index in [2.05, 4.69) is 5.32 Å². The van der Waals surface area contributed by atoms with Crippen LogP contribution in [0.15, 0.2) is 102 Å². The van der Waals surface area contributed by atoms with Gasteiger partial charge in [-0.1, -0.05) is 87.5 Å². The largest absolute Gasteiger partial charge is 0.469 e. The summed E-state index contributed by atoms with van der Waals surface area (Å²) in [7, 11) is 2.24. The fourth-order valence-electron chi connectivity index (χ4n) is 11.5. The van der Waals surface area contributed by atoms with E-state index < -0.39 is 124 Å². The first-order valence-electron chi connectivity index (χ1n) is 22.3. The van der Waals surface area contributed by atoms with Gasteiger partial charge in [-0.2, -0.15) is 0 Å². The zero-order valence-electron chi connectivity index (χ0n) is 39.1. The van der Waals surface area contributed by atoms with Gasteiger partial charge in [0.1, 0.15) is 35.9 Å². The number of carbonyl (C=O) groups is 7. The van der Waals surface area contributed by atoms with E-state index in [0.29, 0.717) is 5.56 Å². The lowest BCUT2D eigenvalue weighted by Crippen LogP contribution is -2.81. The second-order valence-electron chi connectivity index (χ2n) is 18.7. The molecule has 1 heterocycles. The molecule has 3 N–H and O–H groups in total. The van der Waals surface area contributed by atoms with Gasteiger partial charge in [-0.25, -0.2) is 9.59 Å². The molecule has 2 saturated carbocycles. The highest BCUT2D eigenvalue weighted by atomic mass is 16.6. The van der Waals surface area contributed by atoms with E-state index in [4.69, 9.17) is 33.2 Å². The predicted octanol–water partition coefficient (Wildman–Crippen LogP) is 4.38. The van der Waals surface area contributed by atoms with Crippen LogP contribution >= 0.6 is 0 Å². The number of hydrogen-bond acceptors (Lipinski definition) is 16. The average molecular weight is 940 g/mol. The van der Waals surface area contributed by atoms with Crippen LogP contribution in [-0.2, 0) is 57.1 Å². The molecule has 2 bridgehead atoms. The van der Waals surface area contributed by atoms with Crippen molar-refractivity contribution in [1.82, 2.24) is 5.32 Å². The molecule has 3 aromatic carbocycles. The number of fused-ring (bicyclic) bond motifs is 5. The van der Waals surface area contributed by atoms with Crippen LogP contribution in [0.25, 0.3) is 0 Å². The summed E-state index contributed by atoms with van der Waals surface area (Å²) in [5.41, 5.74) is -7.12. The quantitative estimate of drug-likeness (QED) is 0.130. The zero-order chi connectivity index (χ0) is 49.5. The molecule has 4 aliphatic rings. The van der Waals surface area contributed by atoms with Crippen LogP contribution < -0.4 is 5.32 Å². The molecule has 7 rings (SSSR count). The number of amides is 1. The number of nitrogens with one attached hydrogen (secondary N) is 1. The summed E-state index contributed by atoms with van der Waals surface area (Å²) < 4.78 is 42.2. The van der Waals surface area contributed by atoms with E-state index in [1.165, 1.54) is 19.1 Å². The normalized spacial score (nSPS) is 30.9. The topological polar surface area (TPSA) is 237 Å². The van der Waals surface area contributed by atoms with Crippen molar-refractivity contribution < 1.29 is 76.9 Å². The van der Waals surface area contributed by atoms with E-state index in [1.807, 2.05) is 0 Å². The van der Waals surface area contributed by atoms with Gasteiger partial charge in [0, 0.05) is 36.7 Å². The minimum Gasteiger partial charge on any atom is -0.469 e. The van der Waals surface area contributed by atoms with Gasteiger partial charge in [-0.05, 0) is 54.3 Å². The zero-order valence-corrected chi connectivity index (χ0v) is 39.1. The minimum atomic E-state index is -2.46. The number of aliphatic hydroxyl groups excluding tert-OH is 1. The Morgan fingerprint density at radius 1 is 0.765 bits per heavy atom. The fourth-order valence-corrected chi connectivity index (χ4v) is 11.5.